The van der Waals surface area contributed by atoms with Crippen molar-refractivity contribution >= 4 is 23.0 Å². The zero-order chi connectivity index (χ0) is 26.8. The molecule has 1 aromatic heterocycles. The topological polar surface area (TPSA) is 46.3 Å². The minimum Gasteiger partial charge on any atom is -0.305 e. The molecule has 1 aromatic carbocycles. The van der Waals surface area contributed by atoms with Gasteiger partial charge in [0, 0.05) is 44.7 Å². The highest BCUT2D eigenvalue weighted by Crippen LogP contribution is 2.22. The number of hydrogen-bond acceptors (Lipinski definition) is 5. The molecule has 0 N–H and O–H groups in total. The molecule has 0 radical (unpaired) electrons. The van der Waals surface area contributed by atoms with Gasteiger partial charge in [-0.05, 0) is 73.4 Å². The Bertz CT molecular complexity index is 1160. The minimum absolute atomic E-state index is 0.483. The van der Waals surface area contributed by atoms with Crippen molar-refractivity contribution in [2.45, 2.75) is 52.6 Å². The molecule has 0 atom stereocenters. The molecule has 1 aliphatic rings. The maximum atomic E-state index is 13.1. The smallest absolute Gasteiger partial charge is 0.191 e. The summed E-state index contributed by atoms with van der Waals surface area (Å²) in [6.07, 6.45) is 9.50. The number of benzene rings is 1. The summed E-state index contributed by atoms with van der Waals surface area (Å²) in [7, 11) is 1.99. The number of hydrogen-bond donors (Lipinski definition) is 0. The van der Waals surface area contributed by atoms with E-state index in [0.717, 1.165) is 67.0 Å². The fourth-order valence-electron chi connectivity index (χ4n) is 4.35. The van der Waals surface area contributed by atoms with Crippen LogP contribution in [0.15, 0.2) is 58.2 Å². The Balaban J connectivity index is 1.55. The zero-order valence-corrected chi connectivity index (χ0v) is 24.1. The van der Waals surface area contributed by atoms with E-state index in [1.165, 1.54) is 16.7 Å². The van der Waals surface area contributed by atoms with E-state index < -0.39 is 6.67 Å². The van der Waals surface area contributed by atoms with E-state index in [1.807, 2.05) is 37.6 Å². The summed E-state index contributed by atoms with van der Waals surface area (Å²) >= 11 is 1.74. The average molecular weight is 524 g/mol. The molecule has 0 aliphatic carbocycles. The van der Waals surface area contributed by atoms with Crippen molar-refractivity contribution in [1.29, 1.82) is 0 Å². The van der Waals surface area contributed by atoms with Crippen molar-refractivity contribution in [3.8, 4) is 0 Å². The summed E-state index contributed by atoms with van der Waals surface area (Å²) in [4.78, 5) is 7.32. The first-order valence-electron chi connectivity index (χ1n) is 13.3. The van der Waals surface area contributed by atoms with Crippen molar-refractivity contribution in [3.63, 3.8) is 0 Å². The molecule has 5 nitrogen and oxygen atoms in total. The normalized spacial score (nSPS) is 16.1. The van der Waals surface area contributed by atoms with Gasteiger partial charge in [-0.25, -0.2) is 4.39 Å². The van der Waals surface area contributed by atoms with Gasteiger partial charge in [0.05, 0.1) is 0 Å². The molecule has 2 aromatic rings. The quantitative estimate of drug-likeness (QED) is 0.196. The standard InChI is InChI=1S/C30H42FN5S/c1-7-8-25(20-31)10-9-23(4)29-33-34-30(35(29)6)37-18-17-36-15-13-26-11-12-27(19-28(26)14-16-36)24(5)32-21-22(2)3/h7-12,19,22H,13-18,20-21H2,1-6H3/b8-7-,23-9+,25-10+,32-24?. The highest BCUT2D eigenvalue weighted by molar-refractivity contribution is 7.99. The first-order chi connectivity index (χ1) is 17.8. The molecule has 7 heteroatoms. The van der Waals surface area contributed by atoms with Crippen molar-refractivity contribution in [1.82, 2.24) is 19.7 Å². The third kappa shape index (κ3) is 8.50. The molecule has 37 heavy (non-hydrogen) atoms. The highest BCUT2D eigenvalue weighted by Gasteiger charge is 2.16. The van der Waals surface area contributed by atoms with Crippen molar-refractivity contribution in [2.24, 2.45) is 18.0 Å². The third-order valence-corrected chi connectivity index (χ3v) is 7.62. The van der Waals surface area contributed by atoms with Gasteiger partial charge in [-0.2, -0.15) is 0 Å². The largest absolute Gasteiger partial charge is 0.305 e. The van der Waals surface area contributed by atoms with E-state index in [1.54, 1.807) is 23.9 Å². The Morgan fingerprint density at radius 3 is 2.59 bits per heavy atom. The Morgan fingerprint density at radius 2 is 1.89 bits per heavy atom. The van der Waals surface area contributed by atoms with E-state index >= 15 is 0 Å². The maximum Gasteiger partial charge on any atom is 0.191 e. The number of halogens is 1. The second-order valence-corrected chi connectivity index (χ2v) is 11.1. The van der Waals surface area contributed by atoms with Crippen LogP contribution in [0.3, 0.4) is 0 Å². The fourth-order valence-corrected chi connectivity index (χ4v) is 5.26. The van der Waals surface area contributed by atoms with E-state index in [4.69, 9.17) is 4.99 Å². The lowest BCUT2D eigenvalue weighted by atomic mass is 9.98. The molecule has 0 spiro atoms. The summed E-state index contributed by atoms with van der Waals surface area (Å²) in [5.74, 6) is 2.35. The van der Waals surface area contributed by atoms with Crippen molar-refractivity contribution in [3.05, 3.63) is 70.6 Å². The van der Waals surface area contributed by atoms with Gasteiger partial charge in [0.2, 0.25) is 0 Å². The van der Waals surface area contributed by atoms with E-state index in [-0.39, 0.29) is 0 Å². The van der Waals surface area contributed by atoms with E-state index in [9.17, 15) is 4.39 Å². The molecule has 0 saturated carbocycles. The molecule has 0 amide bonds. The van der Waals surface area contributed by atoms with Crippen LogP contribution in [-0.4, -0.2) is 64.0 Å². The minimum atomic E-state index is -0.483. The van der Waals surface area contributed by atoms with Gasteiger partial charge in [0.15, 0.2) is 11.0 Å². The predicted octanol–water partition coefficient (Wildman–Crippen LogP) is 6.35. The second kappa shape index (κ2) is 14.4. The van der Waals surface area contributed by atoms with E-state index in [0.29, 0.717) is 11.5 Å². The van der Waals surface area contributed by atoms with Crippen LogP contribution in [0.4, 0.5) is 4.39 Å². The molecule has 2 heterocycles. The number of aliphatic imine (C=N–C) groups is 1. The Hall–Kier alpha value is -2.51. The predicted molar refractivity (Wildman–Crippen MR) is 156 cm³/mol. The van der Waals surface area contributed by atoms with Crippen LogP contribution in [0.25, 0.3) is 5.57 Å². The van der Waals surface area contributed by atoms with Gasteiger partial charge in [-0.1, -0.05) is 62.0 Å². The summed E-state index contributed by atoms with van der Waals surface area (Å²) in [5.41, 5.74) is 6.93. The first kappa shape index (κ1) is 29.1. The third-order valence-electron chi connectivity index (χ3n) is 6.62. The number of nitrogens with zero attached hydrogens (tertiary/aromatic N) is 5. The van der Waals surface area contributed by atoms with Crippen LogP contribution >= 0.6 is 11.8 Å². The van der Waals surface area contributed by atoms with Gasteiger partial charge in [-0.3, -0.25) is 4.99 Å². The fraction of sp³-hybridized carbons (Fsp3) is 0.500. The number of alkyl halides is 1. The van der Waals surface area contributed by atoms with Crippen LogP contribution in [0, 0.1) is 5.92 Å². The second-order valence-electron chi connectivity index (χ2n) is 10.1. The van der Waals surface area contributed by atoms with Crippen LogP contribution in [-0.2, 0) is 19.9 Å². The number of thioether (sulfide) groups is 1. The maximum absolute atomic E-state index is 13.1. The molecule has 0 saturated heterocycles. The SMILES string of the molecule is C\C=C/C(=C\C=C(/C)c1nnc(SCCN2CCc3ccc(C(C)=NCC(C)C)cc3CC2)n1C)CF. The monoisotopic (exact) mass is 523 g/mol. The Morgan fingerprint density at radius 1 is 1.14 bits per heavy atom. The van der Waals surface area contributed by atoms with E-state index in [2.05, 4.69) is 54.1 Å². The van der Waals surface area contributed by atoms with Gasteiger partial charge in [-0.15, -0.1) is 10.2 Å². The molecule has 0 bridgehead atoms. The Labute approximate surface area is 226 Å². The first-order valence-corrected chi connectivity index (χ1v) is 14.2. The lowest BCUT2D eigenvalue weighted by Crippen LogP contribution is -2.28. The molecular weight excluding hydrogens is 481 g/mol. The number of rotatable bonds is 11. The number of aromatic nitrogens is 3. The lowest BCUT2D eigenvalue weighted by molar-refractivity contribution is 0.306. The summed E-state index contributed by atoms with van der Waals surface area (Å²) in [5, 5.41) is 9.69. The summed E-state index contributed by atoms with van der Waals surface area (Å²) < 4.78 is 15.1. The van der Waals surface area contributed by atoms with Gasteiger partial charge < -0.3 is 9.47 Å². The van der Waals surface area contributed by atoms with Crippen LogP contribution in [0.2, 0.25) is 0 Å². The van der Waals surface area contributed by atoms with Crippen molar-refractivity contribution in [2.75, 3.05) is 38.6 Å². The van der Waals surface area contributed by atoms with Gasteiger partial charge >= 0.3 is 0 Å². The molecule has 200 valence electrons. The molecular formula is C30H42FN5S. The average Bonchev–Trinajstić information content (AvgIpc) is 3.13. The highest BCUT2D eigenvalue weighted by atomic mass is 32.2. The number of fused-ring (bicyclic) bond motifs is 1. The van der Waals surface area contributed by atoms with Crippen LogP contribution in [0.1, 0.15) is 57.1 Å². The molecule has 1 aliphatic heterocycles. The lowest BCUT2D eigenvalue weighted by Gasteiger charge is -2.19. The Kier molecular flexibility index (Phi) is 11.3. The number of allylic oxidation sites excluding steroid dienone is 6. The molecule has 0 unspecified atom stereocenters. The van der Waals surface area contributed by atoms with Crippen LogP contribution < -0.4 is 0 Å². The van der Waals surface area contributed by atoms with Crippen LogP contribution in [0.5, 0.6) is 0 Å². The zero-order valence-electron chi connectivity index (χ0n) is 23.3. The summed E-state index contributed by atoms with van der Waals surface area (Å²) in [6.45, 7) is 14.0. The summed E-state index contributed by atoms with van der Waals surface area (Å²) in [6, 6.07) is 6.90. The van der Waals surface area contributed by atoms with Gasteiger partial charge in [0.1, 0.15) is 6.67 Å². The molecule has 0 fully saturated rings. The van der Waals surface area contributed by atoms with Crippen molar-refractivity contribution < 1.29 is 4.39 Å². The molecule has 3 rings (SSSR count). The van der Waals surface area contributed by atoms with Gasteiger partial charge in [0.25, 0.3) is 0 Å².